The fourth-order valence-electron chi connectivity index (χ4n) is 3.65. The molecule has 0 aliphatic heterocycles. The van der Waals surface area contributed by atoms with E-state index in [4.69, 9.17) is 39.5 Å². The molecule has 35 heavy (non-hydrogen) atoms. The van der Waals surface area contributed by atoms with Crippen molar-refractivity contribution in [3.8, 4) is 16.9 Å². The summed E-state index contributed by atoms with van der Waals surface area (Å²) in [5.41, 5.74) is 3.35. The minimum absolute atomic E-state index is 0.166. The molecule has 1 aromatic heterocycles. The molecular formula is C26H20Cl3N3O3. The van der Waals surface area contributed by atoms with Gasteiger partial charge in [-0.05, 0) is 56.3 Å². The van der Waals surface area contributed by atoms with Gasteiger partial charge in [0.15, 0.2) is 5.69 Å². The van der Waals surface area contributed by atoms with Gasteiger partial charge in [-0.2, -0.15) is 5.10 Å². The molecule has 1 heterocycles. The molecule has 9 heteroatoms. The molecule has 0 radical (unpaired) electrons. The lowest BCUT2D eigenvalue weighted by atomic mass is 10.1. The van der Waals surface area contributed by atoms with Gasteiger partial charge in [0.25, 0.3) is 5.91 Å². The van der Waals surface area contributed by atoms with Gasteiger partial charge in [-0.15, -0.1) is 0 Å². The summed E-state index contributed by atoms with van der Waals surface area (Å²) in [5.74, 6) is -1.02. The summed E-state index contributed by atoms with van der Waals surface area (Å²) in [6.45, 7) is 3.73. The van der Waals surface area contributed by atoms with Gasteiger partial charge in [-0.25, -0.2) is 9.48 Å². The Morgan fingerprint density at radius 1 is 0.971 bits per heavy atom. The van der Waals surface area contributed by atoms with E-state index in [2.05, 4.69) is 10.4 Å². The highest BCUT2D eigenvalue weighted by Gasteiger charge is 2.24. The first-order valence-corrected chi connectivity index (χ1v) is 11.8. The summed E-state index contributed by atoms with van der Waals surface area (Å²) in [6, 6.07) is 18.9. The highest BCUT2D eigenvalue weighted by atomic mass is 35.5. The standard InChI is InChI=1S/C26H20Cl3N3O3/c1-3-35-26(34)19-6-4-5-7-21(19)30-25(33)23-15(2)24(16-8-10-17(27)11-9-16)32(31-23)22-13-12-18(28)14-20(22)29/h4-14H,3H2,1-2H3,(H,30,33). The Kier molecular flexibility index (Phi) is 7.45. The van der Waals surface area contributed by atoms with Gasteiger partial charge in [0.05, 0.1) is 34.3 Å². The third kappa shape index (κ3) is 5.20. The van der Waals surface area contributed by atoms with Gasteiger partial charge in [-0.1, -0.05) is 59.1 Å². The van der Waals surface area contributed by atoms with Crippen molar-refractivity contribution in [3.05, 3.63) is 98.6 Å². The van der Waals surface area contributed by atoms with E-state index in [0.717, 1.165) is 5.56 Å². The third-order valence-corrected chi connectivity index (χ3v) is 6.05. The number of ether oxygens (including phenoxy) is 1. The first kappa shape index (κ1) is 24.8. The smallest absolute Gasteiger partial charge is 0.340 e. The van der Waals surface area contributed by atoms with Crippen molar-refractivity contribution in [2.45, 2.75) is 13.8 Å². The van der Waals surface area contributed by atoms with Crippen molar-refractivity contribution < 1.29 is 14.3 Å². The Morgan fingerprint density at radius 3 is 2.34 bits per heavy atom. The summed E-state index contributed by atoms with van der Waals surface area (Å²) < 4.78 is 6.71. The molecule has 1 amide bonds. The van der Waals surface area contributed by atoms with Crippen LogP contribution in [0.4, 0.5) is 5.69 Å². The quantitative estimate of drug-likeness (QED) is 0.268. The Balaban J connectivity index is 1.81. The maximum Gasteiger partial charge on any atom is 0.340 e. The highest BCUT2D eigenvalue weighted by molar-refractivity contribution is 6.35. The van der Waals surface area contributed by atoms with E-state index >= 15 is 0 Å². The molecule has 0 fully saturated rings. The zero-order valence-electron chi connectivity index (χ0n) is 18.8. The van der Waals surface area contributed by atoms with Crippen molar-refractivity contribution in [3.63, 3.8) is 0 Å². The van der Waals surface area contributed by atoms with Crippen LogP contribution in [0.1, 0.15) is 33.3 Å². The summed E-state index contributed by atoms with van der Waals surface area (Å²) in [6.07, 6.45) is 0. The number of carbonyl (C=O) groups is 2. The highest BCUT2D eigenvalue weighted by Crippen LogP contribution is 2.33. The number of esters is 1. The lowest BCUT2D eigenvalue weighted by molar-refractivity contribution is 0.0527. The molecule has 3 aromatic carbocycles. The van der Waals surface area contributed by atoms with Gasteiger partial charge >= 0.3 is 5.97 Å². The number of aromatic nitrogens is 2. The largest absolute Gasteiger partial charge is 0.462 e. The number of rotatable bonds is 6. The predicted octanol–water partition coefficient (Wildman–Crippen LogP) is 7.24. The zero-order chi connectivity index (χ0) is 25.1. The first-order valence-electron chi connectivity index (χ1n) is 10.7. The van der Waals surface area contributed by atoms with Crippen LogP contribution in [0.3, 0.4) is 0 Å². The number of anilines is 1. The Morgan fingerprint density at radius 2 is 1.66 bits per heavy atom. The van der Waals surface area contributed by atoms with Crippen molar-refractivity contribution in [2.75, 3.05) is 11.9 Å². The van der Waals surface area contributed by atoms with Crippen molar-refractivity contribution in [2.24, 2.45) is 0 Å². The van der Waals surface area contributed by atoms with Crippen LogP contribution in [0.5, 0.6) is 0 Å². The molecule has 0 atom stereocenters. The van der Waals surface area contributed by atoms with E-state index in [-0.39, 0.29) is 17.9 Å². The number of carbonyl (C=O) groups excluding carboxylic acids is 2. The number of hydrogen-bond acceptors (Lipinski definition) is 4. The molecule has 0 aliphatic carbocycles. The number of nitrogens with zero attached hydrogens (tertiary/aromatic N) is 2. The normalized spacial score (nSPS) is 10.8. The molecule has 0 saturated heterocycles. The van der Waals surface area contributed by atoms with E-state index in [9.17, 15) is 9.59 Å². The molecule has 0 unspecified atom stereocenters. The molecule has 0 saturated carbocycles. The Labute approximate surface area is 217 Å². The van der Waals surface area contributed by atoms with Crippen molar-refractivity contribution in [1.82, 2.24) is 9.78 Å². The summed E-state index contributed by atoms with van der Waals surface area (Å²) in [4.78, 5) is 25.7. The number of para-hydroxylation sites is 1. The van der Waals surface area contributed by atoms with E-state index in [0.29, 0.717) is 37.7 Å². The number of nitrogens with one attached hydrogen (secondary N) is 1. The van der Waals surface area contributed by atoms with E-state index in [1.807, 2.05) is 12.1 Å². The van der Waals surface area contributed by atoms with Crippen LogP contribution in [0.15, 0.2) is 66.7 Å². The van der Waals surface area contributed by atoms with Crippen LogP contribution in [0, 0.1) is 6.92 Å². The van der Waals surface area contributed by atoms with E-state index in [1.54, 1.807) is 73.1 Å². The second-order valence-corrected chi connectivity index (χ2v) is 8.84. The van der Waals surface area contributed by atoms with Crippen LogP contribution < -0.4 is 5.32 Å². The molecule has 178 valence electrons. The Hall–Kier alpha value is -3.32. The van der Waals surface area contributed by atoms with Crippen molar-refractivity contribution in [1.29, 1.82) is 0 Å². The molecule has 0 spiro atoms. The van der Waals surface area contributed by atoms with Crippen LogP contribution in [-0.2, 0) is 4.74 Å². The summed E-state index contributed by atoms with van der Waals surface area (Å²) in [7, 11) is 0. The first-order chi connectivity index (χ1) is 16.8. The average molecular weight is 529 g/mol. The molecule has 4 aromatic rings. The molecule has 4 rings (SSSR count). The van der Waals surface area contributed by atoms with Crippen molar-refractivity contribution >= 4 is 52.4 Å². The molecule has 6 nitrogen and oxygen atoms in total. The van der Waals surface area contributed by atoms with Crippen LogP contribution in [0.2, 0.25) is 15.1 Å². The fourth-order valence-corrected chi connectivity index (χ4v) is 4.26. The van der Waals surface area contributed by atoms with Gasteiger partial charge in [-0.3, -0.25) is 4.79 Å². The van der Waals surface area contributed by atoms with Crippen LogP contribution in [0.25, 0.3) is 16.9 Å². The van der Waals surface area contributed by atoms with Gasteiger partial charge < -0.3 is 10.1 Å². The number of amides is 1. The van der Waals surface area contributed by atoms with Crippen LogP contribution >= 0.6 is 34.8 Å². The minimum atomic E-state index is -0.527. The van der Waals surface area contributed by atoms with Gasteiger partial charge in [0.1, 0.15) is 0 Å². The predicted molar refractivity (Wildman–Crippen MR) is 139 cm³/mol. The van der Waals surface area contributed by atoms with E-state index in [1.165, 1.54) is 0 Å². The zero-order valence-corrected chi connectivity index (χ0v) is 21.1. The van der Waals surface area contributed by atoms with Crippen LogP contribution in [-0.4, -0.2) is 28.3 Å². The molecular weight excluding hydrogens is 509 g/mol. The maximum absolute atomic E-state index is 13.4. The lowest BCUT2D eigenvalue weighted by Gasteiger charge is -2.11. The lowest BCUT2D eigenvalue weighted by Crippen LogP contribution is -2.17. The van der Waals surface area contributed by atoms with Gasteiger partial charge in [0.2, 0.25) is 0 Å². The number of halogens is 3. The minimum Gasteiger partial charge on any atom is -0.462 e. The SMILES string of the molecule is CCOC(=O)c1ccccc1NC(=O)c1nn(-c2ccc(Cl)cc2Cl)c(-c2ccc(Cl)cc2)c1C. The third-order valence-electron chi connectivity index (χ3n) is 5.26. The van der Waals surface area contributed by atoms with E-state index < -0.39 is 11.9 Å². The molecule has 1 N–H and O–H groups in total. The number of hydrogen-bond donors (Lipinski definition) is 1. The second-order valence-electron chi connectivity index (χ2n) is 7.56. The Bertz CT molecular complexity index is 1420. The fraction of sp³-hybridized carbons (Fsp3) is 0.115. The van der Waals surface area contributed by atoms with Gasteiger partial charge in [0, 0.05) is 21.2 Å². The monoisotopic (exact) mass is 527 g/mol. The summed E-state index contributed by atoms with van der Waals surface area (Å²) in [5, 5.41) is 8.82. The molecule has 0 aliphatic rings. The topological polar surface area (TPSA) is 73.2 Å². The second kappa shape index (κ2) is 10.5. The summed E-state index contributed by atoms with van der Waals surface area (Å²) >= 11 is 18.7. The molecule has 0 bridgehead atoms. The average Bonchev–Trinajstić information content (AvgIpc) is 3.17. The maximum atomic E-state index is 13.4. The number of benzene rings is 3.